The zero-order valence-electron chi connectivity index (χ0n) is 13.7. The molecular weight excluding hydrogens is 327 g/mol. The molecule has 0 radical (unpaired) electrons. The standard InChI is InChI=1S/C17H17FN4O3/c1-4-5-20-17-14(18)9-13(15(19)23)16(22-17)21-10-6-11(24-2)8-12(7-10)25-3/h1,6-9H,5H2,2-3H3,(H2,19,23)(H2,20,21,22). The van der Waals surface area contributed by atoms with Gasteiger partial charge < -0.3 is 25.8 Å². The molecular formula is C17H17FN4O3. The van der Waals surface area contributed by atoms with Gasteiger partial charge in [0.25, 0.3) is 5.91 Å². The van der Waals surface area contributed by atoms with Gasteiger partial charge >= 0.3 is 0 Å². The molecule has 1 aromatic carbocycles. The number of nitrogens with two attached hydrogens (primary N) is 1. The summed E-state index contributed by atoms with van der Waals surface area (Å²) in [6.45, 7) is 0.0757. The monoisotopic (exact) mass is 344 g/mol. The fourth-order valence-electron chi connectivity index (χ4n) is 2.05. The first-order valence-corrected chi connectivity index (χ1v) is 7.16. The molecule has 7 nitrogen and oxygen atoms in total. The van der Waals surface area contributed by atoms with Crippen LogP contribution in [0.2, 0.25) is 0 Å². The molecule has 25 heavy (non-hydrogen) atoms. The molecule has 0 fully saturated rings. The number of terminal acetylenes is 1. The number of anilines is 3. The number of ether oxygens (including phenoxy) is 2. The van der Waals surface area contributed by atoms with Crippen LogP contribution in [-0.2, 0) is 0 Å². The molecule has 2 aromatic rings. The summed E-state index contributed by atoms with van der Waals surface area (Å²) in [5, 5.41) is 5.55. The number of rotatable bonds is 7. The Hall–Kier alpha value is -3.47. The number of halogens is 1. The quantitative estimate of drug-likeness (QED) is 0.666. The molecule has 130 valence electrons. The van der Waals surface area contributed by atoms with E-state index in [0.717, 1.165) is 6.07 Å². The summed E-state index contributed by atoms with van der Waals surface area (Å²) in [7, 11) is 3.01. The molecule has 0 aliphatic carbocycles. The number of nitrogens with one attached hydrogen (secondary N) is 2. The maximum absolute atomic E-state index is 14.0. The van der Waals surface area contributed by atoms with Gasteiger partial charge in [0, 0.05) is 23.9 Å². The second-order valence-corrected chi connectivity index (χ2v) is 4.86. The number of primary amides is 1. The number of hydrogen-bond acceptors (Lipinski definition) is 6. The normalized spacial score (nSPS) is 9.84. The van der Waals surface area contributed by atoms with Crippen LogP contribution in [0.15, 0.2) is 24.3 Å². The number of pyridine rings is 1. The lowest BCUT2D eigenvalue weighted by molar-refractivity contribution is 0.100. The Labute approximate surface area is 144 Å². The highest BCUT2D eigenvalue weighted by atomic mass is 19.1. The van der Waals surface area contributed by atoms with E-state index in [2.05, 4.69) is 21.5 Å². The zero-order chi connectivity index (χ0) is 18.4. The van der Waals surface area contributed by atoms with E-state index in [4.69, 9.17) is 21.6 Å². The van der Waals surface area contributed by atoms with Crippen LogP contribution in [0.25, 0.3) is 0 Å². The fraction of sp³-hybridized carbons (Fsp3) is 0.176. The second kappa shape index (κ2) is 7.88. The van der Waals surface area contributed by atoms with Gasteiger partial charge in [-0.3, -0.25) is 4.79 Å². The van der Waals surface area contributed by atoms with Crippen molar-refractivity contribution in [2.45, 2.75) is 0 Å². The van der Waals surface area contributed by atoms with E-state index in [-0.39, 0.29) is 23.7 Å². The molecule has 0 spiro atoms. The summed E-state index contributed by atoms with van der Waals surface area (Å²) in [5.41, 5.74) is 5.72. The van der Waals surface area contributed by atoms with Crippen molar-refractivity contribution in [1.82, 2.24) is 4.98 Å². The second-order valence-electron chi connectivity index (χ2n) is 4.86. The van der Waals surface area contributed by atoms with E-state index in [1.807, 2.05) is 0 Å². The average Bonchev–Trinajstić information content (AvgIpc) is 2.61. The predicted octanol–water partition coefficient (Wildman–Crippen LogP) is 2.13. The van der Waals surface area contributed by atoms with Crippen molar-refractivity contribution in [1.29, 1.82) is 0 Å². The van der Waals surface area contributed by atoms with E-state index in [9.17, 15) is 9.18 Å². The summed E-state index contributed by atoms with van der Waals surface area (Å²) in [6, 6.07) is 5.99. The molecule has 0 saturated carbocycles. The van der Waals surface area contributed by atoms with Crippen LogP contribution >= 0.6 is 0 Å². The van der Waals surface area contributed by atoms with Gasteiger partial charge in [-0.2, -0.15) is 0 Å². The Morgan fingerprint density at radius 3 is 2.40 bits per heavy atom. The summed E-state index contributed by atoms with van der Waals surface area (Å²) in [5.74, 6) is 1.78. The average molecular weight is 344 g/mol. The van der Waals surface area contributed by atoms with Gasteiger partial charge in [0.2, 0.25) is 0 Å². The van der Waals surface area contributed by atoms with Gasteiger partial charge in [0.15, 0.2) is 11.6 Å². The van der Waals surface area contributed by atoms with Gasteiger partial charge in [-0.25, -0.2) is 9.37 Å². The first-order chi connectivity index (χ1) is 12.0. The SMILES string of the molecule is C#CCNc1nc(Nc2cc(OC)cc(OC)c2)c(C(N)=O)cc1F. The lowest BCUT2D eigenvalue weighted by Gasteiger charge is -2.14. The van der Waals surface area contributed by atoms with Crippen LogP contribution in [0.4, 0.5) is 21.7 Å². The van der Waals surface area contributed by atoms with Gasteiger partial charge in [-0.05, 0) is 6.07 Å². The lowest BCUT2D eigenvalue weighted by Crippen LogP contribution is -2.16. The van der Waals surface area contributed by atoms with Gasteiger partial charge in [-0.15, -0.1) is 6.42 Å². The van der Waals surface area contributed by atoms with Crippen molar-refractivity contribution in [2.75, 3.05) is 31.4 Å². The van der Waals surface area contributed by atoms with Crippen LogP contribution in [0, 0.1) is 18.2 Å². The highest BCUT2D eigenvalue weighted by Crippen LogP contribution is 2.29. The number of amides is 1. The van der Waals surface area contributed by atoms with E-state index in [1.54, 1.807) is 18.2 Å². The lowest BCUT2D eigenvalue weighted by atomic mass is 10.2. The maximum atomic E-state index is 14.0. The van der Waals surface area contributed by atoms with Gasteiger partial charge in [-0.1, -0.05) is 5.92 Å². The van der Waals surface area contributed by atoms with Crippen LogP contribution in [0.3, 0.4) is 0 Å². The number of carbonyl (C=O) groups is 1. The first kappa shape index (κ1) is 17.9. The Kier molecular flexibility index (Phi) is 5.63. The molecule has 8 heteroatoms. The number of methoxy groups -OCH3 is 2. The minimum atomic E-state index is -0.827. The Balaban J connectivity index is 2.46. The van der Waals surface area contributed by atoms with Crippen LogP contribution in [0.5, 0.6) is 11.5 Å². The number of hydrogen-bond donors (Lipinski definition) is 3. The number of nitrogens with zero attached hydrogens (tertiary/aromatic N) is 1. The third-order valence-electron chi connectivity index (χ3n) is 3.21. The highest BCUT2D eigenvalue weighted by Gasteiger charge is 2.16. The zero-order valence-corrected chi connectivity index (χ0v) is 13.7. The Bertz CT molecular complexity index is 811. The van der Waals surface area contributed by atoms with Crippen molar-refractivity contribution in [2.24, 2.45) is 5.73 Å². The molecule has 0 atom stereocenters. The van der Waals surface area contributed by atoms with Crippen molar-refractivity contribution >= 4 is 23.2 Å². The van der Waals surface area contributed by atoms with Crippen LogP contribution in [-0.4, -0.2) is 31.7 Å². The van der Waals surface area contributed by atoms with Crippen molar-refractivity contribution in [3.05, 3.63) is 35.6 Å². The van der Waals surface area contributed by atoms with Crippen LogP contribution < -0.4 is 25.8 Å². The summed E-state index contributed by atoms with van der Waals surface area (Å²) in [6.07, 6.45) is 5.15. The molecule has 0 bridgehead atoms. The van der Waals surface area contributed by atoms with Crippen molar-refractivity contribution < 1.29 is 18.7 Å². The van der Waals surface area contributed by atoms with Crippen LogP contribution in [0.1, 0.15) is 10.4 Å². The van der Waals surface area contributed by atoms with E-state index in [0.29, 0.717) is 17.2 Å². The predicted molar refractivity (Wildman–Crippen MR) is 92.9 cm³/mol. The molecule has 0 saturated heterocycles. The third-order valence-corrected chi connectivity index (χ3v) is 3.21. The Morgan fingerprint density at radius 1 is 1.24 bits per heavy atom. The maximum Gasteiger partial charge on any atom is 0.252 e. The smallest absolute Gasteiger partial charge is 0.252 e. The summed E-state index contributed by atoms with van der Waals surface area (Å²) in [4.78, 5) is 15.7. The molecule has 1 amide bonds. The largest absolute Gasteiger partial charge is 0.497 e. The molecule has 1 heterocycles. The Morgan fingerprint density at radius 2 is 1.88 bits per heavy atom. The highest BCUT2D eigenvalue weighted by molar-refractivity contribution is 5.98. The summed E-state index contributed by atoms with van der Waals surface area (Å²) >= 11 is 0. The van der Waals surface area contributed by atoms with Crippen molar-refractivity contribution in [3.8, 4) is 23.8 Å². The molecule has 0 aliphatic heterocycles. The van der Waals surface area contributed by atoms with E-state index in [1.165, 1.54) is 14.2 Å². The molecule has 2 rings (SSSR count). The minimum Gasteiger partial charge on any atom is -0.497 e. The van der Waals surface area contributed by atoms with Crippen molar-refractivity contribution in [3.63, 3.8) is 0 Å². The molecule has 4 N–H and O–H groups in total. The van der Waals surface area contributed by atoms with E-state index < -0.39 is 11.7 Å². The number of benzene rings is 1. The minimum absolute atomic E-state index is 0.0729. The topological polar surface area (TPSA) is 98.5 Å². The molecule has 0 aliphatic rings. The van der Waals surface area contributed by atoms with E-state index >= 15 is 0 Å². The first-order valence-electron chi connectivity index (χ1n) is 7.16. The molecule has 1 aromatic heterocycles. The number of aromatic nitrogens is 1. The molecule has 0 unspecified atom stereocenters. The number of carbonyl (C=O) groups excluding carboxylic acids is 1. The van der Waals surface area contributed by atoms with Gasteiger partial charge in [0.1, 0.15) is 17.3 Å². The third kappa shape index (κ3) is 4.29. The fourth-order valence-corrected chi connectivity index (χ4v) is 2.05. The van der Waals surface area contributed by atoms with Gasteiger partial charge in [0.05, 0.1) is 26.3 Å². The summed E-state index contributed by atoms with van der Waals surface area (Å²) < 4.78 is 24.4.